The number of anilines is 1. The minimum atomic E-state index is -0.408. The molecule has 2 rings (SSSR count). The highest BCUT2D eigenvalue weighted by molar-refractivity contribution is 5.95. The molecule has 0 aliphatic heterocycles. The summed E-state index contributed by atoms with van der Waals surface area (Å²) >= 11 is 0. The Bertz CT molecular complexity index is 840. The molecule has 2 aromatic carbocycles. The number of hydrogen-bond donors (Lipinski definition) is 2. The van der Waals surface area contributed by atoms with E-state index < -0.39 is 5.91 Å². The number of carbonyl (C=O) groups is 3. The highest BCUT2D eigenvalue weighted by atomic mass is 16.5. The molecule has 0 bridgehead atoms. The summed E-state index contributed by atoms with van der Waals surface area (Å²) < 4.78 is 10.1. The normalized spacial score (nSPS) is 10.3. The molecule has 0 aliphatic rings. The summed E-state index contributed by atoms with van der Waals surface area (Å²) in [5, 5.41) is 5.24. The minimum absolute atomic E-state index is 0.132. The summed E-state index contributed by atoms with van der Waals surface area (Å²) in [7, 11) is 3.10. The van der Waals surface area contributed by atoms with Gasteiger partial charge in [-0.3, -0.25) is 14.4 Å². The van der Waals surface area contributed by atoms with E-state index >= 15 is 0 Å². The van der Waals surface area contributed by atoms with Crippen molar-refractivity contribution in [3.05, 3.63) is 60.2 Å². The van der Waals surface area contributed by atoms with Gasteiger partial charge in [0, 0.05) is 25.8 Å². The third-order valence-electron chi connectivity index (χ3n) is 4.54. The third kappa shape index (κ3) is 8.88. The van der Waals surface area contributed by atoms with Gasteiger partial charge in [0.05, 0.1) is 26.8 Å². The molecule has 2 N–H and O–H groups in total. The van der Waals surface area contributed by atoms with Crippen LogP contribution in [-0.2, 0) is 25.5 Å². The smallest absolute Gasteiger partial charge is 0.243 e. The van der Waals surface area contributed by atoms with Gasteiger partial charge in [0.2, 0.25) is 17.7 Å². The Morgan fingerprint density at radius 1 is 0.935 bits per heavy atom. The van der Waals surface area contributed by atoms with Crippen LogP contribution in [0.25, 0.3) is 0 Å². The van der Waals surface area contributed by atoms with Gasteiger partial charge in [-0.2, -0.15) is 0 Å². The van der Waals surface area contributed by atoms with E-state index in [2.05, 4.69) is 10.6 Å². The molecule has 0 fully saturated rings. The molecule has 0 heterocycles. The van der Waals surface area contributed by atoms with Gasteiger partial charge in [0.1, 0.15) is 5.75 Å². The summed E-state index contributed by atoms with van der Waals surface area (Å²) in [4.78, 5) is 38.4. The van der Waals surface area contributed by atoms with E-state index in [1.165, 1.54) is 12.0 Å². The first kappa shape index (κ1) is 23.9. The zero-order valence-electron chi connectivity index (χ0n) is 17.9. The van der Waals surface area contributed by atoms with Crippen molar-refractivity contribution in [2.24, 2.45) is 0 Å². The van der Waals surface area contributed by atoms with E-state index in [1.807, 2.05) is 30.3 Å². The fraction of sp³-hybridized carbons (Fsp3) is 0.348. The lowest BCUT2D eigenvalue weighted by Gasteiger charge is -2.22. The van der Waals surface area contributed by atoms with Crippen LogP contribution in [0.2, 0.25) is 0 Å². The maximum absolute atomic E-state index is 12.6. The summed E-state index contributed by atoms with van der Waals surface area (Å²) in [5.41, 5.74) is 1.65. The fourth-order valence-electron chi connectivity index (χ4n) is 2.84. The molecule has 8 heteroatoms. The monoisotopic (exact) mass is 427 g/mol. The van der Waals surface area contributed by atoms with Gasteiger partial charge in [-0.05, 0) is 36.2 Å². The van der Waals surface area contributed by atoms with Crippen molar-refractivity contribution in [3.63, 3.8) is 0 Å². The number of ether oxygens (including phenoxy) is 2. The van der Waals surface area contributed by atoms with E-state index in [-0.39, 0.29) is 24.9 Å². The van der Waals surface area contributed by atoms with Gasteiger partial charge in [-0.25, -0.2) is 0 Å². The third-order valence-corrected chi connectivity index (χ3v) is 4.54. The second kappa shape index (κ2) is 13.0. The SMILES string of the molecule is COCCN(CC(=O)NCC(=O)Nc1ccc(OC)cc1)C(=O)CCc1ccccc1. The molecule has 0 saturated heterocycles. The first-order chi connectivity index (χ1) is 15.0. The molecule has 2 aromatic rings. The maximum Gasteiger partial charge on any atom is 0.243 e. The van der Waals surface area contributed by atoms with Crippen LogP contribution >= 0.6 is 0 Å². The molecule has 0 aromatic heterocycles. The molecule has 0 atom stereocenters. The van der Waals surface area contributed by atoms with Crippen molar-refractivity contribution < 1.29 is 23.9 Å². The lowest BCUT2D eigenvalue weighted by atomic mass is 10.1. The first-order valence-electron chi connectivity index (χ1n) is 10.0. The molecule has 0 saturated carbocycles. The molecule has 0 radical (unpaired) electrons. The molecular formula is C23H29N3O5. The van der Waals surface area contributed by atoms with E-state index in [0.717, 1.165) is 5.56 Å². The molecule has 0 spiro atoms. The van der Waals surface area contributed by atoms with Crippen molar-refractivity contribution in [3.8, 4) is 5.75 Å². The van der Waals surface area contributed by atoms with Gasteiger partial charge in [0.25, 0.3) is 0 Å². The number of aryl methyl sites for hydroxylation is 1. The molecule has 31 heavy (non-hydrogen) atoms. The Morgan fingerprint density at radius 3 is 2.29 bits per heavy atom. The number of amides is 3. The first-order valence-corrected chi connectivity index (χ1v) is 10.0. The van der Waals surface area contributed by atoms with Crippen molar-refractivity contribution in [2.45, 2.75) is 12.8 Å². The second-order valence-corrected chi connectivity index (χ2v) is 6.85. The fourth-order valence-corrected chi connectivity index (χ4v) is 2.84. The highest BCUT2D eigenvalue weighted by Crippen LogP contribution is 2.14. The van der Waals surface area contributed by atoms with Crippen LogP contribution in [0, 0.1) is 0 Å². The Morgan fingerprint density at radius 2 is 1.65 bits per heavy atom. The number of methoxy groups -OCH3 is 2. The summed E-state index contributed by atoms with van der Waals surface area (Å²) in [6.45, 7) is 0.298. The van der Waals surface area contributed by atoms with Crippen LogP contribution < -0.4 is 15.4 Å². The van der Waals surface area contributed by atoms with Gasteiger partial charge in [0.15, 0.2) is 0 Å². The van der Waals surface area contributed by atoms with Crippen molar-refractivity contribution in [2.75, 3.05) is 45.8 Å². The van der Waals surface area contributed by atoms with Crippen LogP contribution in [0.5, 0.6) is 5.75 Å². The predicted octanol–water partition coefficient (Wildman–Crippen LogP) is 1.86. The molecule has 0 unspecified atom stereocenters. The Kier molecular flexibility index (Phi) is 10.0. The lowest BCUT2D eigenvalue weighted by Crippen LogP contribution is -2.44. The van der Waals surface area contributed by atoms with Crippen molar-refractivity contribution >= 4 is 23.4 Å². The largest absolute Gasteiger partial charge is 0.497 e. The predicted molar refractivity (Wildman–Crippen MR) is 118 cm³/mol. The molecule has 8 nitrogen and oxygen atoms in total. The maximum atomic E-state index is 12.6. The van der Waals surface area contributed by atoms with Crippen LogP contribution in [0.1, 0.15) is 12.0 Å². The standard InChI is InChI=1S/C23H29N3O5/c1-30-15-14-26(23(29)13-8-18-6-4-3-5-7-18)17-22(28)24-16-21(27)25-19-9-11-20(31-2)12-10-19/h3-7,9-12H,8,13-17H2,1-2H3,(H,24,28)(H,25,27). The van der Waals surface area contributed by atoms with Crippen LogP contribution in [0.3, 0.4) is 0 Å². The topological polar surface area (TPSA) is 97.0 Å². The van der Waals surface area contributed by atoms with Gasteiger partial charge in [-0.15, -0.1) is 0 Å². The molecule has 3 amide bonds. The Hall–Kier alpha value is -3.39. The van der Waals surface area contributed by atoms with Crippen LogP contribution in [0.4, 0.5) is 5.69 Å². The Balaban J connectivity index is 1.80. The van der Waals surface area contributed by atoms with Crippen molar-refractivity contribution in [1.29, 1.82) is 0 Å². The zero-order chi connectivity index (χ0) is 22.5. The highest BCUT2D eigenvalue weighted by Gasteiger charge is 2.17. The summed E-state index contributed by atoms with van der Waals surface area (Å²) in [6.07, 6.45) is 0.883. The Labute approximate surface area is 182 Å². The lowest BCUT2D eigenvalue weighted by molar-refractivity contribution is -0.136. The van der Waals surface area contributed by atoms with E-state index in [4.69, 9.17) is 9.47 Å². The van der Waals surface area contributed by atoms with Gasteiger partial charge < -0.3 is 25.0 Å². The molecule has 166 valence electrons. The quantitative estimate of drug-likeness (QED) is 0.539. The zero-order valence-corrected chi connectivity index (χ0v) is 17.9. The number of benzene rings is 2. The van der Waals surface area contributed by atoms with E-state index in [0.29, 0.717) is 37.4 Å². The number of carbonyl (C=O) groups excluding carboxylic acids is 3. The summed E-state index contributed by atoms with van der Waals surface area (Å²) in [5.74, 6) is -0.232. The van der Waals surface area contributed by atoms with Gasteiger partial charge >= 0.3 is 0 Å². The average molecular weight is 428 g/mol. The minimum Gasteiger partial charge on any atom is -0.497 e. The number of hydrogen-bond acceptors (Lipinski definition) is 5. The van der Waals surface area contributed by atoms with E-state index in [1.54, 1.807) is 31.4 Å². The van der Waals surface area contributed by atoms with E-state index in [9.17, 15) is 14.4 Å². The van der Waals surface area contributed by atoms with Crippen LogP contribution in [0.15, 0.2) is 54.6 Å². The summed E-state index contributed by atoms with van der Waals surface area (Å²) in [6, 6.07) is 16.5. The number of rotatable bonds is 12. The average Bonchev–Trinajstić information content (AvgIpc) is 2.80. The van der Waals surface area contributed by atoms with Crippen LogP contribution in [-0.4, -0.2) is 63.1 Å². The number of nitrogens with zero attached hydrogens (tertiary/aromatic N) is 1. The number of nitrogens with one attached hydrogen (secondary N) is 2. The van der Waals surface area contributed by atoms with Crippen molar-refractivity contribution in [1.82, 2.24) is 10.2 Å². The molecule has 0 aliphatic carbocycles. The molecular weight excluding hydrogens is 398 g/mol. The second-order valence-electron chi connectivity index (χ2n) is 6.85. The van der Waals surface area contributed by atoms with Gasteiger partial charge in [-0.1, -0.05) is 30.3 Å².